The van der Waals surface area contributed by atoms with Crippen molar-refractivity contribution < 1.29 is 4.74 Å². The van der Waals surface area contributed by atoms with Gasteiger partial charge in [-0.2, -0.15) is 5.26 Å². The van der Waals surface area contributed by atoms with E-state index in [9.17, 15) is 0 Å². The van der Waals surface area contributed by atoms with E-state index in [1.807, 2.05) is 54.7 Å². The summed E-state index contributed by atoms with van der Waals surface area (Å²) in [4.78, 5) is 4.49. The number of hydrogen-bond donors (Lipinski definition) is 0. The summed E-state index contributed by atoms with van der Waals surface area (Å²) in [6.07, 6.45) is 10.5. The molecular weight excluding hydrogens is 476 g/mol. The van der Waals surface area contributed by atoms with Crippen molar-refractivity contribution in [3.8, 4) is 22.9 Å². The number of unbranched alkanes of at least 4 members (excludes halogenated alkanes) is 3. The van der Waals surface area contributed by atoms with Gasteiger partial charge in [-0.3, -0.25) is 4.99 Å². The Morgan fingerprint density at radius 2 is 1.21 bits per heavy atom. The Morgan fingerprint density at radius 3 is 1.74 bits per heavy atom. The van der Waals surface area contributed by atoms with Crippen molar-refractivity contribution in [2.75, 3.05) is 7.11 Å². The first-order chi connectivity index (χ1) is 19.1. The lowest BCUT2D eigenvalue weighted by Gasteiger charge is -2.04. The number of ether oxygens (including phenoxy) is 1. The summed E-state index contributed by atoms with van der Waals surface area (Å²) in [5.41, 5.74) is 7.94. The minimum atomic E-state index is 0.708. The number of aryl methyl sites for hydroxylation is 2. The topological polar surface area (TPSA) is 45.4 Å². The zero-order chi connectivity index (χ0) is 27.7. The lowest BCUT2D eigenvalue weighted by Crippen LogP contribution is -1.86. The van der Waals surface area contributed by atoms with E-state index < -0.39 is 0 Å². The molecule has 0 amide bonds. The molecule has 0 bridgehead atoms. The van der Waals surface area contributed by atoms with Gasteiger partial charge in [0.25, 0.3) is 0 Å². The predicted molar refractivity (Wildman–Crippen MR) is 165 cm³/mol. The van der Waals surface area contributed by atoms with E-state index in [0.29, 0.717) is 5.56 Å². The van der Waals surface area contributed by atoms with Gasteiger partial charge in [0.05, 0.1) is 24.4 Å². The molecule has 0 aliphatic rings. The van der Waals surface area contributed by atoms with Gasteiger partial charge in [-0.05, 0) is 102 Å². The van der Waals surface area contributed by atoms with Crippen LogP contribution in [0.3, 0.4) is 0 Å². The van der Waals surface area contributed by atoms with Gasteiger partial charge in [0, 0.05) is 6.21 Å². The van der Waals surface area contributed by atoms with Crippen molar-refractivity contribution in [1.82, 2.24) is 0 Å². The van der Waals surface area contributed by atoms with Crippen molar-refractivity contribution in [2.24, 2.45) is 4.99 Å². The molecule has 0 aromatic heterocycles. The van der Waals surface area contributed by atoms with E-state index in [2.05, 4.69) is 73.4 Å². The normalized spacial score (nSPS) is 10.5. The summed E-state index contributed by atoms with van der Waals surface area (Å²) in [5.74, 6) is 0.863. The smallest absolute Gasteiger partial charge is 0.118 e. The average molecular weight is 517 g/mol. The highest BCUT2D eigenvalue weighted by molar-refractivity contribution is 5.82. The van der Waals surface area contributed by atoms with Crippen LogP contribution in [-0.4, -0.2) is 13.3 Å². The fraction of sp³-hybridized carbons (Fsp3) is 0.278. The summed E-state index contributed by atoms with van der Waals surface area (Å²) in [5, 5.41) is 8.79. The van der Waals surface area contributed by atoms with Crippen molar-refractivity contribution in [3.63, 3.8) is 0 Å². The molecule has 4 rings (SSSR count). The molecule has 0 aliphatic heterocycles. The Hall–Kier alpha value is -4.16. The third-order valence-corrected chi connectivity index (χ3v) is 6.60. The van der Waals surface area contributed by atoms with E-state index in [1.54, 1.807) is 7.11 Å². The molecule has 39 heavy (non-hydrogen) atoms. The van der Waals surface area contributed by atoms with Crippen molar-refractivity contribution in [3.05, 3.63) is 119 Å². The van der Waals surface area contributed by atoms with Crippen LogP contribution in [0.2, 0.25) is 0 Å². The maximum atomic E-state index is 8.79. The van der Waals surface area contributed by atoms with E-state index in [1.165, 1.54) is 60.8 Å². The second kappa shape index (κ2) is 16.6. The monoisotopic (exact) mass is 516 g/mol. The lowest BCUT2D eigenvalue weighted by atomic mass is 10.0. The van der Waals surface area contributed by atoms with Crippen LogP contribution in [0.25, 0.3) is 11.1 Å². The summed E-state index contributed by atoms with van der Waals surface area (Å²) < 4.78 is 5.13. The first kappa shape index (κ1) is 29.4. The number of methoxy groups -OCH3 is 1. The molecule has 0 atom stereocenters. The summed E-state index contributed by atoms with van der Waals surface area (Å²) in [7, 11) is 1.67. The van der Waals surface area contributed by atoms with Crippen LogP contribution in [0.5, 0.6) is 5.75 Å². The van der Waals surface area contributed by atoms with E-state index in [0.717, 1.165) is 23.4 Å². The molecule has 0 radical (unpaired) electrons. The second-order valence-electron chi connectivity index (χ2n) is 9.64. The number of nitrogens with zero attached hydrogens (tertiary/aromatic N) is 2. The maximum absolute atomic E-state index is 8.79. The molecular formula is C36H40N2O. The molecule has 0 heterocycles. The zero-order valence-corrected chi connectivity index (χ0v) is 23.6. The second-order valence-corrected chi connectivity index (χ2v) is 9.64. The van der Waals surface area contributed by atoms with E-state index >= 15 is 0 Å². The van der Waals surface area contributed by atoms with Gasteiger partial charge in [0.2, 0.25) is 0 Å². The molecule has 4 aromatic carbocycles. The van der Waals surface area contributed by atoms with Gasteiger partial charge in [0.15, 0.2) is 0 Å². The Kier molecular flexibility index (Phi) is 12.5. The van der Waals surface area contributed by atoms with Crippen LogP contribution in [0, 0.1) is 11.3 Å². The fourth-order valence-electron chi connectivity index (χ4n) is 4.15. The van der Waals surface area contributed by atoms with Gasteiger partial charge in [-0.15, -0.1) is 0 Å². The summed E-state index contributed by atoms with van der Waals surface area (Å²) in [6, 6.07) is 35.0. The molecule has 0 spiro atoms. The Balaban J connectivity index is 0.000000216. The third-order valence-electron chi connectivity index (χ3n) is 6.60. The van der Waals surface area contributed by atoms with Crippen LogP contribution in [0.1, 0.15) is 68.2 Å². The quantitative estimate of drug-likeness (QED) is 0.147. The first-order valence-electron chi connectivity index (χ1n) is 14.0. The summed E-state index contributed by atoms with van der Waals surface area (Å²) >= 11 is 0. The van der Waals surface area contributed by atoms with Crippen LogP contribution in [0.15, 0.2) is 102 Å². The Morgan fingerprint density at radius 1 is 0.667 bits per heavy atom. The van der Waals surface area contributed by atoms with Crippen LogP contribution in [0.4, 0.5) is 5.69 Å². The lowest BCUT2D eigenvalue weighted by molar-refractivity contribution is 0.415. The fourth-order valence-corrected chi connectivity index (χ4v) is 4.15. The molecule has 0 fully saturated rings. The van der Waals surface area contributed by atoms with Crippen molar-refractivity contribution in [1.29, 1.82) is 5.26 Å². The molecule has 0 aliphatic carbocycles. The third kappa shape index (κ3) is 10.3. The Labute approximate surface area is 234 Å². The maximum Gasteiger partial charge on any atom is 0.118 e. The zero-order valence-electron chi connectivity index (χ0n) is 23.6. The number of benzene rings is 4. The van der Waals surface area contributed by atoms with Gasteiger partial charge >= 0.3 is 0 Å². The molecule has 4 aromatic rings. The molecule has 0 N–H and O–H groups in total. The van der Waals surface area contributed by atoms with Crippen LogP contribution in [-0.2, 0) is 12.8 Å². The van der Waals surface area contributed by atoms with Crippen molar-refractivity contribution >= 4 is 11.9 Å². The largest absolute Gasteiger partial charge is 0.497 e. The minimum absolute atomic E-state index is 0.708. The molecule has 3 nitrogen and oxygen atoms in total. The highest BCUT2D eigenvalue weighted by Crippen LogP contribution is 2.21. The standard InChI is InChI=1S/C18H21NO.C18H19N/c1-3-4-5-15-6-10-17(11-7-15)19-14-16-8-12-18(20-2)13-9-16;1-2-3-4-5-15-6-10-17(11-7-15)18-12-8-16(14-19)9-13-18/h6-14H,3-5H2,1-2H3;6-13H,2-5H2,1H3. The van der Waals surface area contributed by atoms with Crippen LogP contribution < -0.4 is 4.74 Å². The SMILES string of the molecule is CCCCCc1ccc(-c2ccc(C#N)cc2)cc1.CCCCc1ccc(N=Cc2ccc(OC)cc2)cc1. The highest BCUT2D eigenvalue weighted by Gasteiger charge is 1.99. The number of rotatable bonds is 11. The van der Waals surface area contributed by atoms with Gasteiger partial charge in [0.1, 0.15) is 5.75 Å². The first-order valence-corrected chi connectivity index (χ1v) is 14.0. The molecule has 0 saturated carbocycles. The number of hydrogen-bond acceptors (Lipinski definition) is 3. The minimum Gasteiger partial charge on any atom is -0.497 e. The van der Waals surface area contributed by atoms with Crippen LogP contribution >= 0.6 is 0 Å². The van der Waals surface area contributed by atoms with Gasteiger partial charge in [-0.25, -0.2) is 0 Å². The molecule has 0 unspecified atom stereocenters. The van der Waals surface area contributed by atoms with Gasteiger partial charge < -0.3 is 4.74 Å². The molecule has 200 valence electrons. The van der Waals surface area contributed by atoms with Crippen molar-refractivity contribution in [2.45, 2.75) is 58.8 Å². The summed E-state index contributed by atoms with van der Waals surface area (Å²) in [6.45, 7) is 4.45. The van der Waals surface area contributed by atoms with E-state index in [4.69, 9.17) is 10.00 Å². The predicted octanol–water partition coefficient (Wildman–Crippen LogP) is 9.75. The van der Waals surface area contributed by atoms with E-state index in [-0.39, 0.29) is 0 Å². The van der Waals surface area contributed by atoms with Gasteiger partial charge in [-0.1, -0.05) is 81.6 Å². The number of aliphatic imine (C=N–C) groups is 1. The average Bonchev–Trinajstić information content (AvgIpc) is 3.00. The highest BCUT2D eigenvalue weighted by atomic mass is 16.5. The number of nitriles is 1. The molecule has 3 heteroatoms. The molecule has 0 saturated heterocycles. The Bertz CT molecular complexity index is 1300.